The Balaban J connectivity index is 2.08. The monoisotopic (exact) mass is 358 g/mol. The van der Waals surface area contributed by atoms with Crippen LogP contribution >= 0.6 is 7.37 Å². The van der Waals surface area contributed by atoms with Crippen molar-refractivity contribution in [3.05, 3.63) is 65.2 Å². The molecule has 0 aliphatic carbocycles. The van der Waals surface area contributed by atoms with Crippen molar-refractivity contribution in [1.29, 1.82) is 5.26 Å². The van der Waals surface area contributed by atoms with Gasteiger partial charge in [-0.3, -0.25) is 4.57 Å². The Kier molecular flexibility index (Phi) is 6.78. The van der Waals surface area contributed by atoms with E-state index >= 15 is 0 Å². The van der Waals surface area contributed by atoms with Crippen LogP contribution in [-0.2, 0) is 10.7 Å². The molecule has 132 valence electrons. The molecule has 0 saturated carbocycles. The van der Waals surface area contributed by atoms with Crippen LogP contribution in [0.3, 0.4) is 0 Å². The van der Waals surface area contributed by atoms with E-state index in [1.165, 1.54) is 0 Å². The molecule has 3 N–H and O–H groups in total. The largest absolute Gasteiger partial charge is 0.396 e. The molecular weight excluding hydrogens is 335 g/mol. The average Bonchev–Trinajstić information content (AvgIpc) is 2.60. The Morgan fingerprint density at radius 3 is 2.72 bits per heavy atom. The summed E-state index contributed by atoms with van der Waals surface area (Å²) in [6, 6.07) is 17.0. The fourth-order valence-electron chi connectivity index (χ4n) is 2.65. The lowest BCUT2D eigenvalue weighted by atomic mass is 10.1. The molecule has 0 aliphatic rings. The highest BCUT2D eigenvalue weighted by Gasteiger charge is 2.18. The first-order valence-electron chi connectivity index (χ1n) is 8.21. The minimum atomic E-state index is -3.28. The van der Waals surface area contributed by atoms with Crippen molar-refractivity contribution in [2.45, 2.75) is 25.5 Å². The van der Waals surface area contributed by atoms with Gasteiger partial charge in [-0.05, 0) is 48.7 Å². The maximum atomic E-state index is 12.2. The summed E-state index contributed by atoms with van der Waals surface area (Å²) in [4.78, 5) is 10.0. The summed E-state index contributed by atoms with van der Waals surface area (Å²) in [5.41, 5.74) is 3.26. The lowest BCUT2D eigenvalue weighted by Gasteiger charge is -2.17. The van der Waals surface area contributed by atoms with E-state index in [9.17, 15) is 9.46 Å². The van der Waals surface area contributed by atoms with Gasteiger partial charge in [-0.15, -0.1) is 0 Å². The second kappa shape index (κ2) is 8.82. The zero-order chi connectivity index (χ0) is 18.3. The molecule has 6 heteroatoms. The highest BCUT2D eigenvalue weighted by Crippen LogP contribution is 2.45. The molecule has 0 fully saturated rings. The predicted molar refractivity (Wildman–Crippen MR) is 99.7 cm³/mol. The van der Waals surface area contributed by atoms with E-state index in [1.807, 2.05) is 49.4 Å². The molecule has 0 radical (unpaired) electrons. The van der Waals surface area contributed by atoms with E-state index in [-0.39, 0.29) is 25.0 Å². The van der Waals surface area contributed by atoms with Crippen LogP contribution in [0.4, 0.5) is 5.69 Å². The van der Waals surface area contributed by atoms with E-state index < -0.39 is 7.37 Å². The maximum absolute atomic E-state index is 12.2. The minimum Gasteiger partial charge on any atom is -0.396 e. The van der Waals surface area contributed by atoms with Gasteiger partial charge in [0.05, 0.1) is 11.6 Å². The number of aliphatic hydroxyl groups is 1. The molecule has 25 heavy (non-hydrogen) atoms. The van der Waals surface area contributed by atoms with Crippen LogP contribution in [0.15, 0.2) is 48.5 Å². The van der Waals surface area contributed by atoms with Gasteiger partial charge in [0.15, 0.2) is 0 Å². The van der Waals surface area contributed by atoms with Gasteiger partial charge >= 0.3 is 0 Å². The van der Waals surface area contributed by atoms with Crippen LogP contribution in [0.25, 0.3) is 0 Å². The van der Waals surface area contributed by atoms with Gasteiger partial charge in [0.1, 0.15) is 0 Å². The fourth-order valence-corrected chi connectivity index (χ4v) is 4.21. The van der Waals surface area contributed by atoms with Gasteiger partial charge in [-0.25, -0.2) is 0 Å². The zero-order valence-corrected chi connectivity index (χ0v) is 15.1. The van der Waals surface area contributed by atoms with Crippen LogP contribution in [0.2, 0.25) is 0 Å². The second-order valence-electron chi connectivity index (χ2n) is 6.11. The van der Waals surface area contributed by atoms with Gasteiger partial charge in [-0.2, -0.15) is 5.26 Å². The van der Waals surface area contributed by atoms with Gasteiger partial charge in [0.2, 0.25) is 7.37 Å². The number of benzene rings is 2. The number of aliphatic hydroxyl groups excluding tert-OH is 1. The van der Waals surface area contributed by atoms with Crippen molar-refractivity contribution < 1.29 is 14.6 Å². The molecule has 5 nitrogen and oxygen atoms in total. The minimum absolute atomic E-state index is 0.00105. The molecule has 0 aromatic heterocycles. The third-order valence-corrected chi connectivity index (χ3v) is 5.80. The normalized spacial score (nSPS) is 14.3. The van der Waals surface area contributed by atoms with Crippen molar-refractivity contribution in [3.63, 3.8) is 0 Å². The molecule has 2 unspecified atom stereocenters. The third-order valence-electron chi connectivity index (χ3n) is 3.92. The molecule has 0 aliphatic heterocycles. The molecule has 2 aromatic rings. The Labute approximate surface area is 148 Å². The summed E-state index contributed by atoms with van der Waals surface area (Å²) in [6.07, 6.45) is 0.553. The molecule has 0 bridgehead atoms. The first kappa shape index (κ1) is 19.2. The fraction of sp³-hybridized carbons (Fsp3) is 0.316. The molecule has 0 amide bonds. The van der Waals surface area contributed by atoms with Crippen LogP contribution in [0.1, 0.15) is 36.1 Å². The number of nitrogens with one attached hydrogen (secondary N) is 1. The first-order valence-corrected chi connectivity index (χ1v) is 10.2. The molecule has 0 heterocycles. The molecule has 0 spiro atoms. The summed E-state index contributed by atoms with van der Waals surface area (Å²) >= 11 is 0. The predicted octanol–water partition coefficient (Wildman–Crippen LogP) is 3.88. The molecule has 0 saturated heterocycles. The third kappa shape index (κ3) is 6.03. The van der Waals surface area contributed by atoms with Crippen molar-refractivity contribution in [2.24, 2.45) is 0 Å². The SMILES string of the molecule is CC(Nc1cccc(CP(=O)(O)CCCO)c1)c1cccc(C#N)c1. The Bertz CT molecular complexity index is 801. The van der Waals surface area contributed by atoms with Crippen LogP contribution in [-0.4, -0.2) is 22.8 Å². The van der Waals surface area contributed by atoms with Crippen molar-refractivity contribution in [1.82, 2.24) is 0 Å². The van der Waals surface area contributed by atoms with Crippen molar-refractivity contribution in [2.75, 3.05) is 18.1 Å². The highest BCUT2D eigenvalue weighted by molar-refractivity contribution is 7.57. The smallest absolute Gasteiger partial charge is 0.204 e. The van der Waals surface area contributed by atoms with E-state index in [1.54, 1.807) is 6.07 Å². The van der Waals surface area contributed by atoms with Gasteiger partial charge in [0, 0.05) is 30.7 Å². The van der Waals surface area contributed by atoms with Gasteiger partial charge < -0.3 is 15.3 Å². The highest BCUT2D eigenvalue weighted by atomic mass is 31.2. The molecule has 2 rings (SSSR count). The first-order chi connectivity index (χ1) is 11.9. The number of nitriles is 1. The number of anilines is 1. The van der Waals surface area contributed by atoms with Crippen molar-refractivity contribution in [3.8, 4) is 6.07 Å². The lowest BCUT2D eigenvalue weighted by molar-refractivity contribution is 0.293. The number of hydrogen-bond acceptors (Lipinski definition) is 4. The van der Waals surface area contributed by atoms with Crippen molar-refractivity contribution >= 4 is 13.1 Å². The Morgan fingerprint density at radius 2 is 2.00 bits per heavy atom. The Hall–Kier alpha value is -2.12. The van der Waals surface area contributed by atoms with Crippen LogP contribution < -0.4 is 5.32 Å². The Morgan fingerprint density at radius 1 is 1.24 bits per heavy atom. The number of hydrogen-bond donors (Lipinski definition) is 3. The summed E-state index contributed by atoms with van der Waals surface area (Å²) in [7, 11) is -3.28. The standard InChI is InChI=1S/C19H23N2O3P/c1-15(18-7-2-5-16(11-18)13-20)21-19-8-3-6-17(12-19)14-25(23,24)10-4-9-22/h2-3,5-8,11-12,15,21-22H,4,9-10,14H2,1H3,(H,23,24). The lowest BCUT2D eigenvalue weighted by Crippen LogP contribution is -2.07. The summed E-state index contributed by atoms with van der Waals surface area (Å²) in [5.74, 6) is 0. The zero-order valence-electron chi connectivity index (χ0n) is 14.2. The number of nitrogens with zero attached hydrogens (tertiary/aromatic N) is 1. The summed E-state index contributed by atoms with van der Waals surface area (Å²) in [5, 5.41) is 21.2. The summed E-state index contributed by atoms with van der Waals surface area (Å²) < 4.78 is 12.2. The van der Waals surface area contributed by atoms with Gasteiger partial charge in [-0.1, -0.05) is 24.3 Å². The van der Waals surface area contributed by atoms with E-state index in [4.69, 9.17) is 10.4 Å². The number of rotatable bonds is 8. The topological polar surface area (TPSA) is 93.3 Å². The summed E-state index contributed by atoms with van der Waals surface area (Å²) in [6.45, 7) is 1.92. The van der Waals surface area contributed by atoms with Crippen LogP contribution in [0.5, 0.6) is 0 Å². The quantitative estimate of drug-likeness (QED) is 0.623. The second-order valence-corrected chi connectivity index (χ2v) is 8.56. The molecule has 2 atom stereocenters. The maximum Gasteiger partial charge on any atom is 0.204 e. The van der Waals surface area contributed by atoms with E-state index in [0.29, 0.717) is 12.0 Å². The molecular formula is C19H23N2O3P. The molecule has 2 aromatic carbocycles. The van der Waals surface area contributed by atoms with Crippen LogP contribution in [0, 0.1) is 11.3 Å². The average molecular weight is 358 g/mol. The van der Waals surface area contributed by atoms with Gasteiger partial charge in [0.25, 0.3) is 0 Å². The van der Waals surface area contributed by atoms with E-state index in [2.05, 4.69) is 11.4 Å². The van der Waals surface area contributed by atoms with E-state index in [0.717, 1.165) is 16.8 Å².